The van der Waals surface area contributed by atoms with Crippen molar-refractivity contribution in [1.29, 1.82) is 0 Å². The van der Waals surface area contributed by atoms with Crippen LogP contribution in [-0.2, 0) is 0 Å². The molecule has 0 radical (unpaired) electrons. The number of rotatable bonds is 4. The Labute approximate surface area is 116 Å². The average molecular weight is 279 g/mol. The Balaban J connectivity index is 2.03. The number of carbonyl (C=O) groups excluding carboxylic acids is 1. The topological polar surface area (TPSA) is 121 Å². The molecule has 0 spiro atoms. The minimum atomic E-state index is -1.02. The molecular formula is C12H17N5O3. The number of nitrogens with two attached hydrogens (primary N) is 1. The summed E-state index contributed by atoms with van der Waals surface area (Å²) in [5.74, 6) is 0.0803. The van der Waals surface area contributed by atoms with Gasteiger partial charge in [-0.1, -0.05) is 0 Å². The maximum atomic E-state index is 11.1. The minimum absolute atomic E-state index is 0.181. The molecule has 2 amide bonds. The number of anilines is 1. The molecule has 108 valence electrons. The van der Waals surface area contributed by atoms with Gasteiger partial charge in [-0.3, -0.25) is 4.79 Å². The van der Waals surface area contributed by atoms with E-state index in [1.54, 1.807) is 0 Å². The van der Waals surface area contributed by atoms with Crippen LogP contribution in [0.3, 0.4) is 0 Å². The van der Waals surface area contributed by atoms with Crippen LogP contribution in [-0.4, -0.2) is 46.7 Å². The molecule has 1 unspecified atom stereocenters. The van der Waals surface area contributed by atoms with Gasteiger partial charge in [-0.2, -0.15) is 0 Å². The molecule has 1 aromatic rings. The van der Waals surface area contributed by atoms with E-state index in [1.165, 1.54) is 12.3 Å². The van der Waals surface area contributed by atoms with Crippen molar-refractivity contribution in [2.45, 2.75) is 12.8 Å². The summed E-state index contributed by atoms with van der Waals surface area (Å²) >= 11 is 0. The third-order valence-electron chi connectivity index (χ3n) is 3.24. The summed E-state index contributed by atoms with van der Waals surface area (Å²) in [6.07, 6.45) is 2.36. The molecule has 1 fully saturated rings. The lowest BCUT2D eigenvalue weighted by Gasteiger charge is -2.32. The molecule has 0 aliphatic carbocycles. The number of carboxylic acid groups (broad SMARTS) is 1. The quantitative estimate of drug-likeness (QED) is 0.716. The van der Waals surface area contributed by atoms with Crippen LogP contribution in [0.1, 0.15) is 23.3 Å². The Morgan fingerprint density at radius 3 is 3.05 bits per heavy atom. The first kappa shape index (κ1) is 14.0. The Morgan fingerprint density at radius 1 is 1.55 bits per heavy atom. The highest BCUT2D eigenvalue weighted by molar-refractivity contribution is 5.90. The Morgan fingerprint density at radius 2 is 2.35 bits per heavy atom. The molecule has 8 heteroatoms. The van der Waals surface area contributed by atoms with Gasteiger partial charge in [-0.25, -0.2) is 14.8 Å². The summed E-state index contributed by atoms with van der Waals surface area (Å²) in [6.45, 7) is 1.84. The van der Waals surface area contributed by atoms with Crippen LogP contribution in [0.5, 0.6) is 0 Å². The molecule has 0 aromatic carbocycles. The van der Waals surface area contributed by atoms with Crippen LogP contribution in [0.2, 0.25) is 0 Å². The van der Waals surface area contributed by atoms with Crippen molar-refractivity contribution >= 4 is 17.9 Å². The second kappa shape index (κ2) is 6.18. The largest absolute Gasteiger partial charge is 0.465 e. The monoisotopic (exact) mass is 279 g/mol. The van der Waals surface area contributed by atoms with Gasteiger partial charge in [0, 0.05) is 25.8 Å². The number of hydrogen-bond acceptors (Lipinski definition) is 5. The Hall–Kier alpha value is -2.38. The van der Waals surface area contributed by atoms with E-state index in [-0.39, 0.29) is 11.6 Å². The lowest BCUT2D eigenvalue weighted by Crippen LogP contribution is -2.41. The smallest absolute Gasteiger partial charge is 0.404 e. The van der Waals surface area contributed by atoms with Gasteiger partial charge in [-0.05, 0) is 24.8 Å². The molecule has 1 aromatic heterocycles. The fraction of sp³-hybridized carbons (Fsp3) is 0.500. The van der Waals surface area contributed by atoms with Crippen molar-refractivity contribution in [1.82, 2.24) is 15.3 Å². The van der Waals surface area contributed by atoms with Gasteiger partial charge < -0.3 is 21.1 Å². The Bertz CT molecular complexity index is 508. The lowest BCUT2D eigenvalue weighted by molar-refractivity contribution is 0.0995. The van der Waals surface area contributed by atoms with E-state index < -0.39 is 12.0 Å². The minimum Gasteiger partial charge on any atom is -0.465 e. The maximum absolute atomic E-state index is 11.1. The first-order valence-electron chi connectivity index (χ1n) is 6.41. The van der Waals surface area contributed by atoms with Gasteiger partial charge in [-0.15, -0.1) is 0 Å². The summed E-state index contributed by atoms with van der Waals surface area (Å²) in [5, 5.41) is 11.0. The highest BCUT2D eigenvalue weighted by Gasteiger charge is 2.22. The zero-order valence-electron chi connectivity index (χ0n) is 11.0. The molecule has 0 saturated carbocycles. The molecule has 1 aliphatic heterocycles. The van der Waals surface area contributed by atoms with Crippen molar-refractivity contribution in [3.63, 3.8) is 0 Å². The predicted octanol–water partition coefficient (Wildman–Crippen LogP) is 0.0595. The second-order valence-corrected chi connectivity index (χ2v) is 4.75. The standard InChI is InChI=1S/C12H17N5O3/c13-10(18)9-3-4-14-11(16-9)17-5-1-2-8(7-17)6-15-12(19)20/h3-4,8,15H,1-2,5-7H2,(H2,13,18)(H,19,20). The van der Waals surface area contributed by atoms with E-state index in [0.29, 0.717) is 19.0 Å². The van der Waals surface area contributed by atoms with Gasteiger partial charge in [0.15, 0.2) is 0 Å². The fourth-order valence-electron chi connectivity index (χ4n) is 2.28. The van der Waals surface area contributed by atoms with Gasteiger partial charge in [0.05, 0.1) is 0 Å². The Kier molecular flexibility index (Phi) is 4.34. The first-order valence-corrected chi connectivity index (χ1v) is 6.41. The molecule has 8 nitrogen and oxygen atoms in total. The van der Waals surface area contributed by atoms with Crippen LogP contribution in [0.15, 0.2) is 12.3 Å². The molecule has 0 bridgehead atoms. The van der Waals surface area contributed by atoms with E-state index in [9.17, 15) is 9.59 Å². The van der Waals surface area contributed by atoms with Gasteiger partial charge >= 0.3 is 6.09 Å². The highest BCUT2D eigenvalue weighted by atomic mass is 16.4. The van der Waals surface area contributed by atoms with Crippen LogP contribution in [0, 0.1) is 5.92 Å². The molecule has 4 N–H and O–H groups in total. The summed E-state index contributed by atoms with van der Waals surface area (Å²) < 4.78 is 0. The van der Waals surface area contributed by atoms with Gasteiger partial charge in [0.2, 0.25) is 5.95 Å². The summed E-state index contributed by atoms with van der Waals surface area (Å²) in [7, 11) is 0. The zero-order chi connectivity index (χ0) is 14.5. The zero-order valence-corrected chi connectivity index (χ0v) is 11.0. The predicted molar refractivity (Wildman–Crippen MR) is 71.5 cm³/mol. The third kappa shape index (κ3) is 3.56. The number of nitrogens with one attached hydrogen (secondary N) is 1. The number of amides is 2. The molecular weight excluding hydrogens is 262 g/mol. The van der Waals surface area contributed by atoms with Crippen molar-refractivity contribution in [3.8, 4) is 0 Å². The van der Waals surface area contributed by atoms with Crippen LogP contribution < -0.4 is 16.0 Å². The normalized spacial score (nSPS) is 18.6. The van der Waals surface area contributed by atoms with E-state index in [4.69, 9.17) is 10.8 Å². The van der Waals surface area contributed by atoms with Crippen molar-refractivity contribution < 1.29 is 14.7 Å². The summed E-state index contributed by atoms with van der Waals surface area (Å²) in [4.78, 5) is 31.9. The number of hydrogen-bond donors (Lipinski definition) is 3. The SMILES string of the molecule is NC(=O)c1ccnc(N2CCCC(CNC(=O)O)C2)n1. The number of primary amides is 1. The second-order valence-electron chi connectivity index (χ2n) is 4.75. The van der Waals surface area contributed by atoms with Crippen molar-refractivity contribution in [2.75, 3.05) is 24.5 Å². The van der Waals surface area contributed by atoms with Crippen LogP contribution in [0.4, 0.5) is 10.7 Å². The van der Waals surface area contributed by atoms with Crippen LogP contribution >= 0.6 is 0 Å². The third-order valence-corrected chi connectivity index (χ3v) is 3.24. The number of piperidine rings is 1. The molecule has 2 rings (SSSR count). The number of carbonyl (C=O) groups is 2. The lowest BCUT2D eigenvalue weighted by atomic mass is 9.98. The van der Waals surface area contributed by atoms with Gasteiger partial charge in [0.25, 0.3) is 5.91 Å². The van der Waals surface area contributed by atoms with E-state index in [1.807, 2.05) is 4.90 Å². The average Bonchev–Trinajstić information content (AvgIpc) is 2.45. The van der Waals surface area contributed by atoms with E-state index in [0.717, 1.165) is 19.4 Å². The number of nitrogens with zero attached hydrogens (tertiary/aromatic N) is 3. The summed E-state index contributed by atoms with van der Waals surface area (Å²) in [5.41, 5.74) is 5.38. The molecule has 1 atom stereocenters. The van der Waals surface area contributed by atoms with Gasteiger partial charge in [0.1, 0.15) is 5.69 Å². The maximum Gasteiger partial charge on any atom is 0.404 e. The molecule has 2 heterocycles. The van der Waals surface area contributed by atoms with E-state index >= 15 is 0 Å². The highest BCUT2D eigenvalue weighted by Crippen LogP contribution is 2.19. The molecule has 1 aliphatic rings. The van der Waals surface area contributed by atoms with E-state index in [2.05, 4.69) is 15.3 Å². The molecule has 20 heavy (non-hydrogen) atoms. The molecule has 1 saturated heterocycles. The number of aromatic nitrogens is 2. The first-order chi connectivity index (χ1) is 9.56. The summed E-state index contributed by atoms with van der Waals surface area (Å²) in [6, 6.07) is 1.47. The van der Waals surface area contributed by atoms with Crippen molar-refractivity contribution in [3.05, 3.63) is 18.0 Å². The van der Waals surface area contributed by atoms with Crippen LogP contribution in [0.25, 0.3) is 0 Å². The fourth-order valence-corrected chi connectivity index (χ4v) is 2.28. The van der Waals surface area contributed by atoms with Crippen molar-refractivity contribution in [2.24, 2.45) is 11.7 Å².